The Balaban J connectivity index is 1.56. The molecule has 8 nitrogen and oxygen atoms in total. The van der Waals surface area contributed by atoms with E-state index in [-0.39, 0.29) is 29.2 Å². The fourth-order valence-electron chi connectivity index (χ4n) is 4.99. The van der Waals surface area contributed by atoms with Crippen molar-refractivity contribution in [1.29, 1.82) is 10.5 Å². The molecule has 2 atom stereocenters. The summed E-state index contributed by atoms with van der Waals surface area (Å²) in [5, 5.41) is 21.3. The van der Waals surface area contributed by atoms with Crippen LogP contribution in [0.2, 0.25) is 0 Å². The molecule has 1 aromatic carbocycles. The van der Waals surface area contributed by atoms with Gasteiger partial charge in [0.2, 0.25) is 0 Å². The second-order valence-electron chi connectivity index (χ2n) is 8.82. The van der Waals surface area contributed by atoms with E-state index in [4.69, 9.17) is 0 Å². The Morgan fingerprint density at radius 3 is 2.53 bits per heavy atom. The number of fused-ring (bicyclic) bond motifs is 1. The lowest BCUT2D eigenvalue weighted by atomic mass is 9.96. The van der Waals surface area contributed by atoms with Crippen molar-refractivity contribution in [2.24, 2.45) is 7.05 Å². The molecule has 1 saturated heterocycles. The number of nitrogens with zero attached hydrogens (tertiary/aromatic N) is 7. The van der Waals surface area contributed by atoms with Crippen LogP contribution in [0.25, 0.3) is 11.0 Å². The number of aromatic nitrogens is 3. The smallest absolute Gasteiger partial charge is 0.270 e. The van der Waals surface area contributed by atoms with Crippen LogP contribution in [0, 0.1) is 28.5 Å². The van der Waals surface area contributed by atoms with Crippen molar-refractivity contribution in [3.05, 3.63) is 86.5 Å². The lowest BCUT2D eigenvalue weighted by molar-refractivity contribution is 0.150. The van der Waals surface area contributed by atoms with Gasteiger partial charge in [-0.1, -0.05) is 12.1 Å². The van der Waals surface area contributed by atoms with Crippen molar-refractivity contribution in [3.8, 4) is 12.1 Å². The number of rotatable bonds is 4. The van der Waals surface area contributed by atoms with Gasteiger partial charge in [-0.2, -0.15) is 10.5 Å². The maximum atomic E-state index is 13.7. The van der Waals surface area contributed by atoms with Crippen molar-refractivity contribution in [3.63, 3.8) is 0 Å². The van der Waals surface area contributed by atoms with Crippen molar-refractivity contribution in [2.75, 3.05) is 24.5 Å². The molecule has 1 aliphatic heterocycles. The normalized spacial score (nSPS) is 17.0. The first-order chi connectivity index (χ1) is 17.4. The molecule has 0 amide bonds. The molecule has 3 aromatic heterocycles. The van der Waals surface area contributed by atoms with Crippen LogP contribution >= 0.6 is 11.5 Å². The molecule has 0 radical (unpaired) electrons. The summed E-state index contributed by atoms with van der Waals surface area (Å²) in [4.78, 5) is 21.9. The Bertz CT molecular complexity index is 1570. The molecular formula is C26H22FN7OS. The fourth-order valence-corrected chi connectivity index (χ4v) is 5.55. The number of aryl methyl sites for hydroxylation is 1. The van der Waals surface area contributed by atoms with Gasteiger partial charge in [0.05, 0.1) is 17.2 Å². The van der Waals surface area contributed by atoms with Crippen LogP contribution in [0.3, 0.4) is 0 Å². The molecule has 0 N–H and O–H groups in total. The monoisotopic (exact) mass is 499 g/mol. The van der Waals surface area contributed by atoms with Gasteiger partial charge in [0.1, 0.15) is 34.7 Å². The predicted molar refractivity (Wildman–Crippen MR) is 135 cm³/mol. The summed E-state index contributed by atoms with van der Waals surface area (Å²) < 4.78 is 19.3. The highest BCUT2D eigenvalue weighted by Gasteiger charge is 2.34. The molecule has 180 valence electrons. The SMILES string of the molecule is C[C@@H]1CN(c2c(C#N)c(=O)n(C)c3ccc(C#N)nc23)CCN1C(c1ccc(F)cc1)c1cnsc1. The van der Waals surface area contributed by atoms with E-state index in [1.54, 1.807) is 31.3 Å². The Kier molecular flexibility index (Phi) is 6.23. The minimum Gasteiger partial charge on any atom is -0.366 e. The number of piperazine rings is 1. The highest BCUT2D eigenvalue weighted by Crippen LogP contribution is 2.35. The van der Waals surface area contributed by atoms with Crippen LogP contribution in [0.5, 0.6) is 0 Å². The van der Waals surface area contributed by atoms with E-state index in [1.807, 2.05) is 22.5 Å². The molecular weight excluding hydrogens is 477 g/mol. The van der Waals surface area contributed by atoms with Gasteiger partial charge in [-0.15, -0.1) is 0 Å². The summed E-state index contributed by atoms with van der Waals surface area (Å²) in [7, 11) is 1.60. The molecule has 0 aliphatic carbocycles. The van der Waals surface area contributed by atoms with Gasteiger partial charge < -0.3 is 9.47 Å². The summed E-state index contributed by atoms with van der Waals surface area (Å²) in [6.45, 7) is 3.78. The summed E-state index contributed by atoms with van der Waals surface area (Å²) in [6.07, 6.45) is 1.84. The Labute approximate surface area is 211 Å². The van der Waals surface area contributed by atoms with Gasteiger partial charge >= 0.3 is 0 Å². The molecule has 0 saturated carbocycles. The van der Waals surface area contributed by atoms with Gasteiger partial charge in [0.15, 0.2) is 0 Å². The van der Waals surface area contributed by atoms with E-state index >= 15 is 0 Å². The summed E-state index contributed by atoms with van der Waals surface area (Å²) >= 11 is 1.37. The number of pyridine rings is 2. The Hall–Kier alpha value is -4.12. The lowest BCUT2D eigenvalue weighted by Gasteiger charge is -2.45. The molecule has 0 bridgehead atoms. The van der Waals surface area contributed by atoms with E-state index in [9.17, 15) is 19.7 Å². The van der Waals surface area contributed by atoms with Crippen LogP contribution < -0.4 is 10.5 Å². The molecule has 4 heterocycles. The maximum absolute atomic E-state index is 13.7. The third kappa shape index (κ3) is 4.01. The van der Waals surface area contributed by atoms with E-state index in [0.29, 0.717) is 36.4 Å². The van der Waals surface area contributed by atoms with Gasteiger partial charge in [-0.05, 0) is 48.3 Å². The number of benzene rings is 1. The number of nitriles is 2. The first-order valence-electron chi connectivity index (χ1n) is 11.4. The molecule has 0 spiro atoms. The number of hydrogen-bond donors (Lipinski definition) is 0. The third-order valence-corrected chi connectivity index (χ3v) is 7.33. The van der Waals surface area contributed by atoms with Crippen molar-refractivity contribution in [1.82, 2.24) is 18.8 Å². The lowest BCUT2D eigenvalue weighted by Crippen LogP contribution is -2.53. The first kappa shape index (κ1) is 23.6. The Morgan fingerprint density at radius 2 is 1.89 bits per heavy atom. The van der Waals surface area contributed by atoms with Crippen LogP contribution in [-0.4, -0.2) is 44.5 Å². The van der Waals surface area contributed by atoms with E-state index in [1.165, 1.54) is 28.2 Å². The maximum Gasteiger partial charge on any atom is 0.270 e. The molecule has 4 aromatic rings. The zero-order valence-electron chi connectivity index (χ0n) is 19.7. The second-order valence-corrected chi connectivity index (χ2v) is 9.48. The summed E-state index contributed by atoms with van der Waals surface area (Å²) in [5.41, 5.74) is 3.34. The standard InChI is InChI=1S/C26H22FN7OS/c1-16-14-33(25-21(12-29)26(35)32(2)22-8-7-20(11-28)31-23(22)25)9-10-34(16)24(18-13-30-36-15-18)17-3-5-19(27)6-4-17/h3-8,13,15-16,24H,9-10,14H2,1-2H3/t16-,24?/m1/s1. The molecule has 1 aliphatic rings. The molecule has 10 heteroatoms. The minimum absolute atomic E-state index is 0.0125. The van der Waals surface area contributed by atoms with E-state index in [2.05, 4.69) is 27.3 Å². The highest BCUT2D eigenvalue weighted by molar-refractivity contribution is 7.03. The van der Waals surface area contributed by atoms with Gasteiger partial charge in [0.25, 0.3) is 5.56 Å². The van der Waals surface area contributed by atoms with Crippen LogP contribution in [-0.2, 0) is 7.05 Å². The Morgan fingerprint density at radius 1 is 1.11 bits per heavy atom. The van der Waals surface area contributed by atoms with Crippen LogP contribution in [0.4, 0.5) is 10.1 Å². The fraction of sp³-hybridized carbons (Fsp3) is 0.269. The number of anilines is 1. The quantitative estimate of drug-likeness (QED) is 0.423. The van der Waals surface area contributed by atoms with Gasteiger partial charge in [-0.25, -0.2) is 13.7 Å². The van der Waals surface area contributed by atoms with Crippen molar-refractivity contribution in [2.45, 2.75) is 19.0 Å². The largest absolute Gasteiger partial charge is 0.366 e. The third-order valence-electron chi connectivity index (χ3n) is 6.72. The zero-order valence-corrected chi connectivity index (χ0v) is 20.5. The number of hydrogen-bond acceptors (Lipinski definition) is 8. The highest BCUT2D eigenvalue weighted by atomic mass is 32.1. The van der Waals surface area contributed by atoms with Gasteiger partial charge in [-0.3, -0.25) is 9.69 Å². The molecule has 1 unspecified atom stereocenters. The van der Waals surface area contributed by atoms with Crippen LogP contribution in [0.1, 0.15) is 35.3 Å². The van der Waals surface area contributed by atoms with Gasteiger partial charge in [0, 0.05) is 49.9 Å². The molecule has 1 fully saturated rings. The summed E-state index contributed by atoms with van der Waals surface area (Å²) in [5.74, 6) is -0.287. The summed E-state index contributed by atoms with van der Waals surface area (Å²) in [6, 6.07) is 13.8. The molecule has 36 heavy (non-hydrogen) atoms. The van der Waals surface area contributed by atoms with Crippen LogP contribution in [0.15, 0.2) is 52.8 Å². The van der Waals surface area contributed by atoms with Crippen molar-refractivity contribution < 1.29 is 4.39 Å². The van der Waals surface area contributed by atoms with Crippen molar-refractivity contribution >= 4 is 28.3 Å². The predicted octanol–water partition coefficient (Wildman–Crippen LogP) is 3.57. The van der Waals surface area contributed by atoms with E-state index in [0.717, 1.165) is 11.1 Å². The van der Waals surface area contributed by atoms with E-state index < -0.39 is 5.56 Å². The topological polar surface area (TPSA) is 102 Å². The number of halogens is 1. The zero-order chi connectivity index (χ0) is 25.4. The second kappa shape index (κ2) is 9.50. The molecule has 5 rings (SSSR count). The average Bonchev–Trinajstić information content (AvgIpc) is 3.42. The average molecular weight is 500 g/mol. The first-order valence-corrected chi connectivity index (χ1v) is 12.3. The minimum atomic E-state index is -0.393.